The Balaban J connectivity index is 1.71. The van der Waals surface area contributed by atoms with Gasteiger partial charge in [0.05, 0.1) is 12.1 Å². The van der Waals surface area contributed by atoms with Crippen molar-refractivity contribution < 1.29 is 0 Å². The third-order valence-corrected chi connectivity index (χ3v) is 7.34. The van der Waals surface area contributed by atoms with Gasteiger partial charge in [-0.15, -0.1) is 0 Å². The smallest absolute Gasteiger partial charge is 0.0770 e. The van der Waals surface area contributed by atoms with Crippen LogP contribution in [-0.2, 0) is 0 Å². The molecule has 0 saturated heterocycles. The molecule has 0 aromatic rings. The van der Waals surface area contributed by atoms with Crippen LogP contribution in [0.15, 0.2) is 34.5 Å². The quantitative estimate of drug-likeness (QED) is 0.426. The lowest BCUT2D eigenvalue weighted by Crippen LogP contribution is -2.22. The minimum atomic E-state index is 0.425. The molecule has 0 N–H and O–H groups in total. The van der Waals surface area contributed by atoms with Crippen LogP contribution in [0.2, 0.25) is 0 Å². The maximum absolute atomic E-state index is 5.10. The van der Waals surface area contributed by atoms with E-state index in [1.54, 1.807) is 0 Å². The Hall–Kier alpha value is -0.920. The van der Waals surface area contributed by atoms with E-state index in [0.717, 1.165) is 24.7 Å². The number of hydrogen-bond acceptors (Lipinski definition) is 2. The maximum atomic E-state index is 5.10. The Morgan fingerprint density at radius 2 is 0.786 bits per heavy atom. The summed E-state index contributed by atoms with van der Waals surface area (Å²) in [5, 5.41) is 10.2. The second-order valence-corrected chi connectivity index (χ2v) is 9.57. The molecule has 2 unspecified atom stereocenters. The largest absolute Gasteiger partial charge is 0.190 e. The van der Waals surface area contributed by atoms with Crippen LogP contribution in [-0.4, -0.2) is 12.1 Å². The predicted molar refractivity (Wildman–Crippen MR) is 121 cm³/mol. The average molecular weight is 385 g/mol. The first kappa shape index (κ1) is 21.8. The molecule has 2 nitrogen and oxygen atoms in total. The summed E-state index contributed by atoms with van der Waals surface area (Å²) >= 11 is 0. The van der Waals surface area contributed by atoms with E-state index >= 15 is 0 Å². The lowest BCUT2D eigenvalue weighted by atomic mass is 9.84. The Kier molecular flexibility index (Phi) is 10.4. The fraction of sp³-hybridized carbons (Fsp3) is 0.846. The molecule has 3 rings (SSSR count). The molecule has 0 bridgehead atoms. The summed E-state index contributed by atoms with van der Waals surface area (Å²) in [6.07, 6.45) is 33.8. The molecule has 2 heteroatoms. The van der Waals surface area contributed by atoms with Gasteiger partial charge in [0.1, 0.15) is 0 Å². The fourth-order valence-electron chi connectivity index (χ4n) is 5.48. The zero-order valence-corrected chi connectivity index (χ0v) is 18.2. The van der Waals surface area contributed by atoms with Crippen molar-refractivity contribution in [3.8, 4) is 0 Å². The molecular formula is C26H44N2. The first-order valence-electron chi connectivity index (χ1n) is 12.6. The minimum Gasteiger partial charge on any atom is -0.190 e. The van der Waals surface area contributed by atoms with Crippen LogP contribution in [0, 0.1) is 11.8 Å². The van der Waals surface area contributed by atoms with E-state index in [-0.39, 0.29) is 0 Å². The molecule has 0 aromatic carbocycles. The molecule has 0 spiro atoms. The lowest BCUT2D eigenvalue weighted by molar-refractivity contribution is 0.292. The van der Waals surface area contributed by atoms with Crippen LogP contribution in [0.25, 0.3) is 0 Å². The van der Waals surface area contributed by atoms with Gasteiger partial charge in [-0.1, -0.05) is 88.5 Å². The van der Waals surface area contributed by atoms with Gasteiger partial charge in [-0.2, -0.15) is 10.2 Å². The summed E-state index contributed by atoms with van der Waals surface area (Å²) in [5.41, 5.74) is 0. The van der Waals surface area contributed by atoms with E-state index in [4.69, 9.17) is 10.2 Å². The zero-order chi connectivity index (χ0) is 19.3. The second kappa shape index (κ2) is 13.3. The predicted octanol–water partition coefficient (Wildman–Crippen LogP) is 8.58. The molecule has 158 valence electrons. The highest BCUT2D eigenvalue weighted by Gasteiger charge is 2.24. The van der Waals surface area contributed by atoms with Gasteiger partial charge in [-0.3, -0.25) is 0 Å². The molecule has 2 fully saturated rings. The van der Waals surface area contributed by atoms with Gasteiger partial charge in [0.2, 0.25) is 0 Å². The molecule has 2 atom stereocenters. The van der Waals surface area contributed by atoms with Crippen molar-refractivity contribution >= 4 is 0 Å². The van der Waals surface area contributed by atoms with Crippen molar-refractivity contribution in [3.05, 3.63) is 24.3 Å². The van der Waals surface area contributed by atoms with E-state index in [9.17, 15) is 0 Å². The highest BCUT2D eigenvalue weighted by atomic mass is 15.1. The van der Waals surface area contributed by atoms with Gasteiger partial charge in [0, 0.05) is 0 Å². The second-order valence-electron chi connectivity index (χ2n) is 9.57. The zero-order valence-electron chi connectivity index (χ0n) is 18.2. The lowest BCUT2D eigenvalue weighted by Gasteiger charge is -2.27. The normalized spacial score (nSPS) is 30.4. The van der Waals surface area contributed by atoms with Crippen molar-refractivity contribution in [2.75, 3.05) is 0 Å². The maximum Gasteiger partial charge on any atom is 0.0770 e. The first-order chi connectivity index (χ1) is 13.9. The van der Waals surface area contributed by atoms with Crippen molar-refractivity contribution in [1.29, 1.82) is 0 Å². The number of nitrogens with zero attached hydrogens (tertiary/aromatic N) is 2. The summed E-state index contributed by atoms with van der Waals surface area (Å²) in [6, 6.07) is 0.850. The van der Waals surface area contributed by atoms with Crippen LogP contribution < -0.4 is 0 Å². The molecule has 0 aromatic heterocycles. The number of azo groups is 1. The Morgan fingerprint density at radius 3 is 1.18 bits per heavy atom. The Labute approximate surface area is 174 Å². The average Bonchev–Trinajstić information content (AvgIpc) is 2.63. The Bertz CT molecular complexity index is 433. The van der Waals surface area contributed by atoms with E-state index in [2.05, 4.69) is 24.3 Å². The fourth-order valence-corrected chi connectivity index (χ4v) is 5.48. The van der Waals surface area contributed by atoms with Crippen molar-refractivity contribution in [2.24, 2.45) is 22.1 Å². The van der Waals surface area contributed by atoms with E-state index in [1.165, 1.54) is 103 Å². The van der Waals surface area contributed by atoms with Gasteiger partial charge in [0.15, 0.2) is 0 Å². The van der Waals surface area contributed by atoms with Crippen molar-refractivity contribution in [1.82, 2.24) is 0 Å². The molecule has 0 amide bonds. The third kappa shape index (κ3) is 7.84. The summed E-state index contributed by atoms with van der Waals surface area (Å²) in [5.74, 6) is 1.51. The van der Waals surface area contributed by atoms with E-state index in [1.807, 2.05) is 0 Å². The van der Waals surface area contributed by atoms with Crippen LogP contribution in [0.5, 0.6) is 0 Å². The molecule has 2 aliphatic carbocycles. The number of allylic oxidation sites excluding steroid dienone is 2. The Morgan fingerprint density at radius 1 is 0.429 bits per heavy atom. The highest BCUT2D eigenvalue weighted by molar-refractivity contribution is 4.95. The minimum absolute atomic E-state index is 0.425. The van der Waals surface area contributed by atoms with Gasteiger partial charge >= 0.3 is 0 Å². The van der Waals surface area contributed by atoms with Gasteiger partial charge in [0.25, 0.3) is 0 Å². The van der Waals surface area contributed by atoms with Crippen LogP contribution >= 0.6 is 0 Å². The molecule has 1 heterocycles. The monoisotopic (exact) mass is 384 g/mol. The topological polar surface area (TPSA) is 24.7 Å². The SMILES string of the molecule is C1=CCC(C2CCCCCCC2)N=NC(C2CCCCCCC2)CC=CCC1. The summed E-state index contributed by atoms with van der Waals surface area (Å²) in [6.45, 7) is 0. The number of hydrogen-bond donors (Lipinski definition) is 0. The first-order valence-corrected chi connectivity index (χ1v) is 12.6. The van der Waals surface area contributed by atoms with Gasteiger partial charge < -0.3 is 0 Å². The van der Waals surface area contributed by atoms with Crippen molar-refractivity contribution in [2.45, 2.75) is 128 Å². The van der Waals surface area contributed by atoms with Crippen molar-refractivity contribution in [3.63, 3.8) is 0 Å². The van der Waals surface area contributed by atoms with Crippen LogP contribution in [0.1, 0.15) is 116 Å². The molecule has 28 heavy (non-hydrogen) atoms. The molecular weight excluding hydrogens is 340 g/mol. The number of rotatable bonds is 2. The van der Waals surface area contributed by atoms with E-state index < -0.39 is 0 Å². The molecule has 1 aliphatic heterocycles. The van der Waals surface area contributed by atoms with Crippen LogP contribution in [0.3, 0.4) is 0 Å². The summed E-state index contributed by atoms with van der Waals surface area (Å²) in [4.78, 5) is 0. The van der Waals surface area contributed by atoms with Crippen LogP contribution in [0.4, 0.5) is 0 Å². The standard InChI is InChI=1S/C26H44N2/c1-2-10-16-22-26(24-19-13-7-4-8-14-20-24)28-27-25(21-15-9-1)23-17-11-5-3-6-12-18-23/h9-10,15-16,23-26H,1-8,11-14,17-22H2. The van der Waals surface area contributed by atoms with E-state index in [0.29, 0.717) is 12.1 Å². The molecule has 3 aliphatic rings. The summed E-state index contributed by atoms with van der Waals surface area (Å²) < 4.78 is 0. The summed E-state index contributed by atoms with van der Waals surface area (Å²) in [7, 11) is 0. The van der Waals surface area contributed by atoms with Gasteiger partial charge in [-0.05, 0) is 63.2 Å². The molecule has 2 saturated carbocycles. The van der Waals surface area contributed by atoms with Gasteiger partial charge in [-0.25, -0.2) is 0 Å². The third-order valence-electron chi connectivity index (χ3n) is 7.34. The molecule has 0 radical (unpaired) electrons. The highest BCUT2D eigenvalue weighted by Crippen LogP contribution is 2.32.